The van der Waals surface area contributed by atoms with Crippen LogP contribution in [-0.2, 0) is 0 Å². The molecule has 0 N–H and O–H groups in total. The van der Waals surface area contributed by atoms with Gasteiger partial charge in [-0.15, -0.1) is 11.3 Å². The van der Waals surface area contributed by atoms with E-state index >= 15 is 0 Å². The summed E-state index contributed by atoms with van der Waals surface area (Å²) in [6, 6.07) is 2.01. The van der Waals surface area contributed by atoms with Gasteiger partial charge in [-0.05, 0) is 32.8 Å². The Morgan fingerprint density at radius 1 is 1.14 bits per heavy atom. The number of amides is 1. The molecule has 4 nitrogen and oxygen atoms in total. The van der Waals surface area contributed by atoms with E-state index in [1.165, 1.54) is 19.3 Å². The number of carbonyl (C=O) groups excluding carboxylic acids is 1. The summed E-state index contributed by atoms with van der Waals surface area (Å²) in [7, 11) is 0. The quantitative estimate of drug-likeness (QED) is 0.841. The van der Waals surface area contributed by atoms with Crippen LogP contribution in [0.25, 0.3) is 5.13 Å². The predicted molar refractivity (Wildman–Crippen MR) is 89.9 cm³/mol. The molecule has 0 spiro atoms. The summed E-state index contributed by atoms with van der Waals surface area (Å²) in [5, 5.41) is 2.90. The maximum Gasteiger partial charge on any atom is 0.255 e. The zero-order valence-corrected chi connectivity index (χ0v) is 14.2. The molecule has 2 aromatic heterocycles. The van der Waals surface area contributed by atoms with Gasteiger partial charge in [-0.25, -0.2) is 4.98 Å². The average Bonchev–Trinajstić information content (AvgIpc) is 3.06. The molecule has 2 aromatic rings. The SMILES string of the molecule is Cc1cc(C(=O)N2CCCCCCC2)c(C)n1-c1nccs1. The van der Waals surface area contributed by atoms with Gasteiger partial charge in [0, 0.05) is 36.1 Å². The summed E-state index contributed by atoms with van der Waals surface area (Å²) in [6.45, 7) is 5.84. The third kappa shape index (κ3) is 2.95. The van der Waals surface area contributed by atoms with Crippen LogP contribution in [0.15, 0.2) is 17.6 Å². The second kappa shape index (κ2) is 6.65. The van der Waals surface area contributed by atoms with Crippen molar-refractivity contribution in [3.05, 3.63) is 34.6 Å². The third-order valence-corrected chi connectivity index (χ3v) is 5.17. The Morgan fingerprint density at radius 3 is 2.45 bits per heavy atom. The molecule has 0 aromatic carbocycles. The Bertz CT molecular complexity index is 637. The molecule has 0 aliphatic carbocycles. The van der Waals surface area contributed by atoms with Gasteiger partial charge >= 0.3 is 0 Å². The average molecular weight is 317 g/mol. The van der Waals surface area contributed by atoms with Crippen LogP contribution in [0.1, 0.15) is 53.8 Å². The minimum atomic E-state index is 0.179. The number of hydrogen-bond acceptors (Lipinski definition) is 3. The highest BCUT2D eigenvalue weighted by molar-refractivity contribution is 7.12. The zero-order valence-electron chi connectivity index (χ0n) is 13.3. The Morgan fingerprint density at radius 2 is 1.82 bits per heavy atom. The topological polar surface area (TPSA) is 38.1 Å². The second-order valence-corrected chi connectivity index (χ2v) is 6.87. The number of likely N-dealkylation sites (tertiary alicyclic amines) is 1. The normalized spacial score (nSPS) is 16.4. The van der Waals surface area contributed by atoms with Crippen molar-refractivity contribution in [1.82, 2.24) is 14.5 Å². The fraction of sp³-hybridized carbons (Fsp3) is 0.529. The van der Waals surface area contributed by atoms with Crippen molar-refractivity contribution in [2.75, 3.05) is 13.1 Å². The van der Waals surface area contributed by atoms with Crippen LogP contribution in [0, 0.1) is 13.8 Å². The van der Waals surface area contributed by atoms with Crippen molar-refractivity contribution in [3.8, 4) is 5.13 Å². The maximum absolute atomic E-state index is 12.9. The minimum Gasteiger partial charge on any atom is -0.339 e. The lowest BCUT2D eigenvalue weighted by atomic mass is 10.1. The summed E-state index contributed by atoms with van der Waals surface area (Å²) < 4.78 is 2.09. The van der Waals surface area contributed by atoms with Crippen molar-refractivity contribution in [2.45, 2.75) is 46.0 Å². The maximum atomic E-state index is 12.9. The lowest BCUT2D eigenvalue weighted by Crippen LogP contribution is -2.34. The van der Waals surface area contributed by atoms with E-state index in [0.29, 0.717) is 0 Å². The Labute approximate surface area is 135 Å². The Kier molecular flexibility index (Phi) is 4.62. The number of hydrogen-bond donors (Lipinski definition) is 0. The summed E-state index contributed by atoms with van der Waals surface area (Å²) in [5.74, 6) is 0.179. The van der Waals surface area contributed by atoms with Gasteiger partial charge in [0.2, 0.25) is 0 Å². The molecule has 0 radical (unpaired) electrons. The number of aromatic nitrogens is 2. The minimum absolute atomic E-state index is 0.179. The Balaban J connectivity index is 1.88. The van der Waals surface area contributed by atoms with E-state index < -0.39 is 0 Å². The molecule has 1 fully saturated rings. The standard InChI is InChI=1S/C17H23N3OS/c1-13-12-15(14(2)20(13)17-18-8-11-22-17)16(21)19-9-6-4-3-5-7-10-19/h8,11-12H,3-7,9-10H2,1-2H3. The predicted octanol–water partition coefficient (Wildman–Crippen LogP) is 3.96. The second-order valence-electron chi connectivity index (χ2n) is 5.99. The largest absolute Gasteiger partial charge is 0.339 e. The van der Waals surface area contributed by atoms with Crippen molar-refractivity contribution in [3.63, 3.8) is 0 Å². The van der Waals surface area contributed by atoms with Crippen molar-refractivity contribution in [1.29, 1.82) is 0 Å². The third-order valence-electron chi connectivity index (χ3n) is 4.42. The van der Waals surface area contributed by atoms with Crippen LogP contribution >= 0.6 is 11.3 Å². The molecule has 1 amide bonds. The molecule has 5 heteroatoms. The first-order valence-electron chi connectivity index (χ1n) is 8.06. The number of thiazole rings is 1. The highest BCUT2D eigenvalue weighted by atomic mass is 32.1. The van der Waals surface area contributed by atoms with E-state index in [1.54, 1.807) is 17.5 Å². The van der Waals surface area contributed by atoms with E-state index in [2.05, 4.69) is 9.55 Å². The van der Waals surface area contributed by atoms with Crippen LogP contribution in [0.5, 0.6) is 0 Å². The monoisotopic (exact) mass is 317 g/mol. The van der Waals surface area contributed by atoms with E-state index in [1.807, 2.05) is 30.2 Å². The molecule has 3 heterocycles. The van der Waals surface area contributed by atoms with Gasteiger partial charge in [0.25, 0.3) is 5.91 Å². The summed E-state index contributed by atoms with van der Waals surface area (Å²) in [4.78, 5) is 19.3. The van der Waals surface area contributed by atoms with Crippen molar-refractivity contribution in [2.24, 2.45) is 0 Å². The molecule has 0 saturated carbocycles. The molecule has 0 bridgehead atoms. The molecule has 1 aliphatic rings. The fourth-order valence-corrected chi connectivity index (χ4v) is 3.97. The molecule has 22 heavy (non-hydrogen) atoms. The zero-order chi connectivity index (χ0) is 15.5. The summed E-state index contributed by atoms with van der Waals surface area (Å²) in [5.41, 5.74) is 2.90. The lowest BCUT2D eigenvalue weighted by molar-refractivity contribution is 0.0741. The molecule has 118 valence electrons. The van der Waals surface area contributed by atoms with Crippen molar-refractivity contribution >= 4 is 17.2 Å². The van der Waals surface area contributed by atoms with Gasteiger partial charge in [0.1, 0.15) is 0 Å². The van der Waals surface area contributed by atoms with Crippen LogP contribution < -0.4 is 0 Å². The van der Waals surface area contributed by atoms with E-state index in [9.17, 15) is 4.79 Å². The van der Waals surface area contributed by atoms with Gasteiger partial charge in [-0.1, -0.05) is 19.3 Å². The fourth-order valence-electron chi connectivity index (χ4n) is 3.22. The first-order valence-corrected chi connectivity index (χ1v) is 8.94. The van der Waals surface area contributed by atoms with Gasteiger partial charge in [0.05, 0.1) is 5.56 Å². The smallest absolute Gasteiger partial charge is 0.255 e. The first kappa shape index (κ1) is 15.3. The van der Waals surface area contributed by atoms with Crippen LogP contribution in [-0.4, -0.2) is 33.4 Å². The number of aryl methyl sites for hydroxylation is 1. The number of nitrogens with zero attached hydrogens (tertiary/aromatic N) is 3. The molecule has 1 aliphatic heterocycles. The number of carbonyl (C=O) groups is 1. The van der Waals surface area contributed by atoms with Gasteiger partial charge in [-0.2, -0.15) is 0 Å². The van der Waals surface area contributed by atoms with E-state index in [-0.39, 0.29) is 5.91 Å². The number of rotatable bonds is 2. The van der Waals surface area contributed by atoms with Gasteiger partial charge < -0.3 is 4.90 Å². The summed E-state index contributed by atoms with van der Waals surface area (Å²) in [6.07, 6.45) is 7.83. The van der Waals surface area contributed by atoms with Gasteiger partial charge in [0.15, 0.2) is 5.13 Å². The molecule has 1 saturated heterocycles. The highest BCUT2D eigenvalue weighted by Crippen LogP contribution is 2.24. The van der Waals surface area contributed by atoms with Crippen LogP contribution in [0.3, 0.4) is 0 Å². The van der Waals surface area contributed by atoms with Gasteiger partial charge in [-0.3, -0.25) is 9.36 Å². The molecule has 0 atom stereocenters. The summed E-state index contributed by atoms with van der Waals surface area (Å²) >= 11 is 1.60. The molecular weight excluding hydrogens is 294 g/mol. The van der Waals surface area contributed by atoms with Crippen LogP contribution in [0.4, 0.5) is 0 Å². The highest BCUT2D eigenvalue weighted by Gasteiger charge is 2.22. The lowest BCUT2D eigenvalue weighted by Gasteiger charge is -2.24. The van der Waals surface area contributed by atoms with Crippen molar-refractivity contribution < 1.29 is 4.79 Å². The molecule has 0 unspecified atom stereocenters. The molecule has 3 rings (SSSR count). The van der Waals surface area contributed by atoms with E-state index in [0.717, 1.165) is 48.0 Å². The van der Waals surface area contributed by atoms with E-state index in [4.69, 9.17) is 0 Å². The van der Waals surface area contributed by atoms with Crippen LogP contribution in [0.2, 0.25) is 0 Å². The first-order chi connectivity index (χ1) is 10.7. The molecular formula is C17H23N3OS. The Hall–Kier alpha value is -1.62.